The van der Waals surface area contributed by atoms with Gasteiger partial charge in [-0.3, -0.25) is 4.79 Å². The van der Waals surface area contributed by atoms with Gasteiger partial charge >= 0.3 is 0 Å². The number of ether oxygens (including phenoxy) is 2. The van der Waals surface area contributed by atoms with Gasteiger partial charge in [0.1, 0.15) is 5.82 Å². The maximum absolute atomic E-state index is 13.1. The first-order valence-electron chi connectivity index (χ1n) is 8.61. The smallest absolute Gasteiger partial charge is 0.240 e. The van der Waals surface area contributed by atoms with E-state index in [0.717, 1.165) is 0 Å². The van der Waals surface area contributed by atoms with Gasteiger partial charge in [0, 0.05) is 31.3 Å². The average Bonchev–Trinajstić information content (AvgIpc) is 3.07. The summed E-state index contributed by atoms with van der Waals surface area (Å²) in [5, 5.41) is 0. The molecule has 0 spiro atoms. The van der Waals surface area contributed by atoms with E-state index in [0.29, 0.717) is 23.7 Å². The van der Waals surface area contributed by atoms with E-state index >= 15 is 0 Å². The first-order chi connectivity index (χ1) is 13.3. The lowest BCUT2D eigenvalue weighted by atomic mass is 10.1. The Morgan fingerprint density at radius 1 is 1.11 bits per heavy atom. The molecule has 1 saturated heterocycles. The Bertz CT molecular complexity index is 963. The summed E-state index contributed by atoms with van der Waals surface area (Å²) in [7, 11) is -0.883. The number of hydrogen-bond acceptors (Lipinski definition) is 5. The number of carbonyl (C=O) groups excluding carboxylic acids is 1. The van der Waals surface area contributed by atoms with Gasteiger partial charge in [-0.25, -0.2) is 17.5 Å². The second kappa shape index (κ2) is 8.15. The highest BCUT2D eigenvalue weighted by atomic mass is 32.2. The van der Waals surface area contributed by atoms with E-state index in [4.69, 9.17) is 9.47 Å². The Morgan fingerprint density at radius 2 is 1.79 bits per heavy atom. The molecule has 7 nitrogen and oxygen atoms in total. The van der Waals surface area contributed by atoms with Crippen molar-refractivity contribution in [3.63, 3.8) is 0 Å². The number of anilines is 1. The van der Waals surface area contributed by atoms with Crippen LogP contribution in [0, 0.1) is 11.7 Å². The molecular formula is C19H21FN2O5S. The lowest BCUT2D eigenvalue weighted by Gasteiger charge is -2.17. The van der Waals surface area contributed by atoms with Gasteiger partial charge in [-0.2, -0.15) is 0 Å². The van der Waals surface area contributed by atoms with E-state index in [1.165, 1.54) is 61.6 Å². The zero-order valence-corrected chi connectivity index (χ0v) is 16.3. The summed E-state index contributed by atoms with van der Waals surface area (Å²) in [6, 6.07) is 9.96. The Balaban J connectivity index is 1.66. The van der Waals surface area contributed by atoms with Crippen LogP contribution in [0.2, 0.25) is 0 Å². The van der Waals surface area contributed by atoms with Gasteiger partial charge in [-0.05, 0) is 42.3 Å². The molecular weight excluding hydrogens is 387 g/mol. The summed E-state index contributed by atoms with van der Waals surface area (Å²) in [5.74, 6) is 0.0469. The van der Waals surface area contributed by atoms with Gasteiger partial charge in [0.25, 0.3) is 0 Å². The third-order valence-corrected chi connectivity index (χ3v) is 5.99. The van der Waals surface area contributed by atoms with Crippen molar-refractivity contribution < 1.29 is 27.1 Å². The van der Waals surface area contributed by atoms with E-state index in [1.807, 2.05) is 0 Å². The molecule has 0 saturated carbocycles. The largest absolute Gasteiger partial charge is 0.493 e. The SMILES string of the molecule is COc1ccc(S(=O)(=O)NC[C@@H]2CC(=O)N(c3ccc(F)cc3)C2)cc1OC. The Labute approximate surface area is 163 Å². The van der Waals surface area contributed by atoms with Gasteiger partial charge in [0.15, 0.2) is 11.5 Å². The highest BCUT2D eigenvalue weighted by Gasteiger charge is 2.31. The van der Waals surface area contributed by atoms with Crippen LogP contribution in [0.1, 0.15) is 6.42 Å². The Kier molecular flexibility index (Phi) is 5.85. The fourth-order valence-corrected chi connectivity index (χ4v) is 4.21. The third-order valence-electron chi connectivity index (χ3n) is 4.57. The van der Waals surface area contributed by atoms with Gasteiger partial charge in [-0.1, -0.05) is 0 Å². The van der Waals surface area contributed by atoms with Crippen LogP contribution in [-0.2, 0) is 14.8 Å². The van der Waals surface area contributed by atoms with E-state index in [9.17, 15) is 17.6 Å². The number of sulfonamides is 1. The molecule has 2 aromatic rings. The van der Waals surface area contributed by atoms with E-state index < -0.39 is 10.0 Å². The molecule has 150 valence electrons. The molecule has 1 aliphatic rings. The van der Waals surface area contributed by atoms with Crippen molar-refractivity contribution in [2.45, 2.75) is 11.3 Å². The molecule has 9 heteroatoms. The van der Waals surface area contributed by atoms with Crippen molar-refractivity contribution in [2.75, 3.05) is 32.2 Å². The van der Waals surface area contributed by atoms with Crippen LogP contribution in [0.15, 0.2) is 47.4 Å². The first kappa shape index (κ1) is 20.1. The summed E-state index contributed by atoms with van der Waals surface area (Å²) < 4.78 is 51.0. The van der Waals surface area contributed by atoms with Crippen molar-refractivity contribution in [1.82, 2.24) is 4.72 Å². The molecule has 1 amide bonds. The summed E-state index contributed by atoms with van der Waals surface area (Å²) in [6.45, 7) is 0.471. The number of methoxy groups -OCH3 is 2. The molecule has 28 heavy (non-hydrogen) atoms. The Hall–Kier alpha value is -2.65. The minimum absolute atomic E-state index is 0.0462. The zero-order chi connectivity index (χ0) is 20.3. The first-order valence-corrected chi connectivity index (χ1v) is 10.1. The van der Waals surface area contributed by atoms with Crippen molar-refractivity contribution in [2.24, 2.45) is 5.92 Å². The third kappa shape index (κ3) is 4.26. The number of carbonyl (C=O) groups is 1. The maximum atomic E-state index is 13.1. The molecule has 0 unspecified atom stereocenters. The average molecular weight is 408 g/mol. The van der Waals surface area contributed by atoms with Gasteiger partial charge in [0.05, 0.1) is 19.1 Å². The standard InChI is InChI=1S/C19H21FN2O5S/c1-26-17-8-7-16(10-18(17)27-2)28(24,25)21-11-13-9-19(23)22(12-13)15-5-3-14(20)4-6-15/h3-8,10,13,21H,9,11-12H2,1-2H3/t13-/m0/s1. The van der Waals surface area contributed by atoms with Crippen LogP contribution in [0.3, 0.4) is 0 Å². The minimum atomic E-state index is -3.78. The fourth-order valence-electron chi connectivity index (χ4n) is 3.08. The lowest BCUT2D eigenvalue weighted by Crippen LogP contribution is -2.31. The predicted octanol–water partition coefficient (Wildman–Crippen LogP) is 2.17. The summed E-state index contributed by atoms with van der Waals surface area (Å²) in [5.41, 5.74) is 0.594. The molecule has 1 N–H and O–H groups in total. The molecule has 0 bridgehead atoms. The van der Waals surface area contributed by atoms with E-state index in [2.05, 4.69) is 4.72 Å². The highest BCUT2D eigenvalue weighted by Crippen LogP contribution is 2.30. The highest BCUT2D eigenvalue weighted by molar-refractivity contribution is 7.89. The van der Waals surface area contributed by atoms with Gasteiger partial charge < -0.3 is 14.4 Å². The van der Waals surface area contributed by atoms with Crippen molar-refractivity contribution >= 4 is 21.6 Å². The van der Waals surface area contributed by atoms with E-state index in [-0.39, 0.29) is 35.5 Å². The maximum Gasteiger partial charge on any atom is 0.240 e. The quantitative estimate of drug-likeness (QED) is 0.759. The van der Waals surface area contributed by atoms with Crippen LogP contribution in [0.5, 0.6) is 11.5 Å². The number of amides is 1. The monoisotopic (exact) mass is 408 g/mol. The van der Waals surface area contributed by atoms with Crippen LogP contribution in [0.25, 0.3) is 0 Å². The fraction of sp³-hybridized carbons (Fsp3) is 0.316. The molecule has 0 aliphatic carbocycles. The van der Waals surface area contributed by atoms with Crippen LogP contribution in [0.4, 0.5) is 10.1 Å². The van der Waals surface area contributed by atoms with Gasteiger partial charge in [-0.15, -0.1) is 0 Å². The molecule has 1 aliphatic heterocycles. The number of rotatable bonds is 7. The van der Waals surface area contributed by atoms with E-state index in [1.54, 1.807) is 0 Å². The second-order valence-electron chi connectivity index (χ2n) is 6.42. The number of nitrogens with one attached hydrogen (secondary N) is 1. The molecule has 0 radical (unpaired) electrons. The number of nitrogens with zero attached hydrogens (tertiary/aromatic N) is 1. The van der Waals surface area contributed by atoms with Crippen molar-refractivity contribution in [3.8, 4) is 11.5 Å². The second-order valence-corrected chi connectivity index (χ2v) is 8.19. The molecule has 3 rings (SSSR count). The number of benzene rings is 2. The summed E-state index contributed by atoms with van der Waals surface area (Å²) >= 11 is 0. The van der Waals surface area contributed by atoms with Crippen LogP contribution >= 0.6 is 0 Å². The zero-order valence-electron chi connectivity index (χ0n) is 15.5. The van der Waals surface area contributed by atoms with Crippen LogP contribution in [-0.4, -0.2) is 41.6 Å². The summed E-state index contributed by atoms with van der Waals surface area (Å²) in [4.78, 5) is 13.8. The summed E-state index contributed by atoms with van der Waals surface area (Å²) in [6.07, 6.45) is 0.214. The van der Waals surface area contributed by atoms with Crippen LogP contribution < -0.4 is 19.1 Å². The molecule has 1 atom stereocenters. The topological polar surface area (TPSA) is 84.9 Å². The molecule has 0 aromatic heterocycles. The number of halogens is 1. The van der Waals surface area contributed by atoms with Crippen molar-refractivity contribution in [3.05, 3.63) is 48.3 Å². The molecule has 1 heterocycles. The number of hydrogen-bond donors (Lipinski definition) is 1. The molecule has 2 aromatic carbocycles. The van der Waals surface area contributed by atoms with Crippen molar-refractivity contribution in [1.29, 1.82) is 0 Å². The minimum Gasteiger partial charge on any atom is -0.493 e. The lowest BCUT2D eigenvalue weighted by molar-refractivity contribution is -0.117. The normalized spacial score (nSPS) is 17.0. The predicted molar refractivity (Wildman–Crippen MR) is 102 cm³/mol. The van der Waals surface area contributed by atoms with Gasteiger partial charge in [0.2, 0.25) is 15.9 Å². The molecule has 1 fully saturated rings. The Morgan fingerprint density at radius 3 is 2.43 bits per heavy atom.